The van der Waals surface area contributed by atoms with Crippen LogP contribution in [-0.2, 0) is 17.8 Å². The van der Waals surface area contributed by atoms with E-state index in [4.69, 9.17) is 4.74 Å². The van der Waals surface area contributed by atoms with Gasteiger partial charge in [0.2, 0.25) is 5.91 Å². The molecule has 1 atom stereocenters. The number of carbonyl (C=O) groups excluding carboxylic acids is 1. The summed E-state index contributed by atoms with van der Waals surface area (Å²) < 4.78 is 20.6. The highest BCUT2D eigenvalue weighted by atomic mass is 32.1. The van der Waals surface area contributed by atoms with E-state index in [1.165, 1.54) is 23.5 Å². The summed E-state index contributed by atoms with van der Waals surface area (Å²) in [6.45, 7) is 1.67. The first-order valence-corrected chi connectivity index (χ1v) is 11.4. The lowest BCUT2D eigenvalue weighted by atomic mass is 9.97. The van der Waals surface area contributed by atoms with Gasteiger partial charge in [0.1, 0.15) is 29.0 Å². The zero-order valence-electron chi connectivity index (χ0n) is 17.4. The second-order valence-corrected chi connectivity index (χ2v) is 8.76. The Balaban J connectivity index is 1.19. The van der Waals surface area contributed by atoms with Gasteiger partial charge in [0, 0.05) is 30.6 Å². The molecular formula is C23H22FN5O2S. The molecule has 0 aliphatic carbocycles. The summed E-state index contributed by atoms with van der Waals surface area (Å²) in [5.74, 6) is 1.43. The number of benzene rings is 1. The average molecular weight is 452 g/mol. The molecule has 1 aliphatic heterocycles. The van der Waals surface area contributed by atoms with Crippen LogP contribution >= 0.6 is 11.3 Å². The predicted molar refractivity (Wildman–Crippen MR) is 118 cm³/mol. The van der Waals surface area contributed by atoms with Crippen LogP contribution in [0.1, 0.15) is 35.3 Å². The van der Waals surface area contributed by atoms with Crippen molar-refractivity contribution in [1.82, 2.24) is 24.5 Å². The van der Waals surface area contributed by atoms with E-state index in [1.807, 2.05) is 39.1 Å². The van der Waals surface area contributed by atoms with Crippen LogP contribution in [0.4, 0.5) is 4.39 Å². The number of aromatic nitrogens is 4. The van der Waals surface area contributed by atoms with Crippen LogP contribution in [0.25, 0.3) is 5.65 Å². The van der Waals surface area contributed by atoms with Crippen molar-refractivity contribution in [2.24, 2.45) is 0 Å². The van der Waals surface area contributed by atoms with Crippen LogP contribution in [0.3, 0.4) is 0 Å². The number of fused-ring (bicyclic) bond motifs is 1. The zero-order chi connectivity index (χ0) is 21.9. The van der Waals surface area contributed by atoms with Crippen molar-refractivity contribution < 1.29 is 13.9 Å². The molecule has 0 N–H and O–H groups in total. The number of carbonyl (C=O) groups is 1. The molecule has 9 heteroatoms. The van der Waals surface area contributed by atoms with Gasteiger partial charge in [-0.1, -0.05) is 6.07 Å². The van der Waals surface area contributed by atoms with Crippen molar-refractivity contribution in [3.8, 4) is 5.75 Å². The summed E-state index contributed by atoms with van der Waals surface area (Å²) in [5.41, 5.74) is 1.57. The molecule has 32 heavy (non-hydrogen) atoms. The quantitative estimate of drug-likeness (QED) is 0.445. The SMILES string of the molecule is O=C(Cc1csc(COc2ccc(F)cc2)n1)N1CCC[C@@H](c2nnc3ccccn23)C1. The van der Waals surface area contributed by atoms with E-state index in [9.17, 15) is 9.18 Å². The fraction of sp³-hybridized carbons (Fsp3) is 0.304. The van der Waals surface area contributed by atoms with E-state index in [1.54, 1.807) is 12.1 Å². The molecule has 0 bridgehead atoms. The Morgan fingerprint density at radius 2 is 2.06 bits per heavy atom. The highest BCUT2D eigenvalue weighted by Gasteiger charge is 2.28. The maximum absolute atomic E-state index is 13.0. The molecule has 164 valence electrons. The average Bonchev–Trinajstić information content (AvgIpc) is 3.46. The molecule has 4 aromatic rings. The number of nitrogens with zero attached hydrogens (tertiary/aromatic N) is 5. The number of hydrogen-bond acceptors (Lipinski definition) is 6. The second-order valence-electron chi connectivity index (χ2n) is 7.82. The second kappa shape index (κ2) is 9.04. The third-order valence-corrected chi connectivity index (χ3v) is 6.46. The minimum Gasteiger partial charge on any atom is -0.486 e. The summed E-state index contributed by atoms with van der Waals surface area (Å²) in [5, 5.41) is 11.3. The van der Waals surface area contributed by atoms with E-state index in [0.717, 1.165) is 41.6 Å². The van der Waals surface area contributed by atoms with Gasteiger partial charge in [-0.05, 0) is 49.2 Å². The van der Waals surface area contributed by atoms with Crippen LogP contribution in [0, 0.1) is 5.82 Å². The monoisotopic (exact) mass is 451 g/mol. The fourth-order valence-corrected chi connectivity index (χ4v) is 4.70. The Bertz CT molecular complexity index is 1220. The molecule has 1 amide bonds. The summed E-state index contributed by atoms with van der Waals surface area (Å²) in [6, 6.07) is 11.7. The smallest absolute Gasteiger partial charge is 0.228 e. The molecule has 4 heterocycles. The maximum Gasteiger partial charge on any atom is 0.228 e. The Hall–Kier alpha value is -3.33. The van der Waals surface area contributed by atoms with Crippen LogP contribution in [0.15, 0.2) is 54.0 Å². The normalized spacial score (nSPS) is 16.4. The third kappa shape index (κ3) is 4.47. The molecule has 0 unspecified atom stereocenters. The minimum atomic E-state index is -0.301. The summed E-state index contributed by atoms with van der Waals surface area (Å²) >= 11 is 1.46. The molecule has 1 saturated heterocycles. The number of thiazole rings is 1. The van der Waals surface area contributed by atoms with Crippen LogP contribution in [0.5, 0.6) is 5.75 Å². The first kappa shape index (κ1) is 20.6. The maximum atomic E-state index is 13.0. The van der Waals surface area contributed by atoms with Gasteiger partial charge in [-0.15, -0.1) is 21.5 Å². The van der Waals surface area contributed by atoms with Crippen molar-refractivity contribution in [1.29, 1.82) is 0 Å². The number of halogens is 1. The molecular weight excluding hydrogens is 429 g/mol. The standard InChI is InChI=1S/C23H22FN5O2S/c24-17-6-8-19(9-7-17)31-14-21-25-18(15-32-21)12-22(30)28-10-3-4-16(13-28)23-27-26-20-5-1-2-11-29(20)23/h1-2,5-9,11,15-16H,3-4,10,12-14H2/t16-/m1/s1. The van der Waals surface area contributed by atoms with Crippen molar-refractivity contribution in [3.05, 3.63) is 76.4 Å². The lowest BCUT2D eigenvalue weighted by Crippen LogP contribution is -2.40. The first-order valence-electron chi connectivity index (χ1n) is 10.5. The largest absolute Gasteiger partial charge is 0.486 e. The van der Waals surface area contributed by atoms with E-state index < -0.39 is 0 Å². The lowest BCUT2D eigenvalue weighted by molar-refractivity contribution is -0.131. The van der Waals surface area contributed by atoms with Gasteiger partial charge in [0.25, 0.3) is 0 Å². The van der Waals surface area contributed by atoms with Gasteiger partial charge in [0.05, 0.1) is 12.1 Å². The van der Waals surface area contributed by atoms with Crippen molar-refractivity contribution in [2.75, 3.05) is 13.1 Å². The minimum absolute atomic E-state index is 0.0693. The van der Waals surface area contributed by atoms with Gasteiger partial charge in [-0.3, -0.25) is 9.20 Å². The number of piperidine rings is 1. The Kier molecular flexibility index (Phi) is 5.81. The highest BCUT2D eigenvalue weighted by molar-refractivity contribution is 7.09. The molecule has 3 aromatic heterocycles. The van der Waals surface area contributed by atoms with Gasteiger partial charge in [-0.25, -0.2) is 9.37 Å². The van der Waals surface area contributed by atoms with Crippen molar-refractivity contribution >= 4 is 22.9 Å². The highest BCUT2D eigenvalue weighted by Crippen LogP contribution is 2.26. The molecule has 0 saturated carbocycles. The number of amides is 1. The Labute approximate surface area is 188 Å². The van der Waals surface area contributed by atoms with E-state index >= 15 is 0 Å². The van der Waals surface area contributed by atoms with Gasteiger partial charge < -0.3 is 9.64 Å². The number of likely N-dealkylation sites (tertiary alicyclic amines) is 1. The van der Waals surface area contributed by atoms with Gasteiger partial charge in [0.15, 0.2) is 5.65 Å². The first-order chi connectivity index (χ1) is 15.7. The summed E-state index contributed by atoms with van der Waals surface area (Å²) in [4.78, 5) is 19.4. The molecule has 1 fully saturated rings. The van der Waals surface area contributed by atoms with Crippen molar-refractivity contribution in [3.63, 3.8) is 0 Å². The molecule has 7 nitrogen and oxygen atoms in total. The number of hydrogen-bond donors (Lipinski definition) is 0. The molecule has 0 radical (unpaired) electrons. The molecule has 1 aromatic carbocycles. The Morgan fingerprint density at radius 1 is 1.19 bits per heavy atom. The van der Waals surface area contributed by atoms with E-state index in [2.05, 4.69) is 15.2 Å². The van der Waals surface area contributed by atoms with E-state index in [-0.39, 0.29) is 30.7 Å². The molecule has 1 aliphatic rings. The van der Waals surface area contributed by atoms with Crippen LogP contribution in [0.2, 0.25) is 0 Å². The van der Waals surface area contributed by atoms with Crippen molar-refractivity contribution in [2.45, 2.75) is 31.8 Å². The predicted octanol–water partition coefficient (Wildman–Crippen LogP) is 3.85. The van der Waals surface area contributed by atoms with Gasteiger partial charge >= 0.3 is 0 Å². The lowest BCUT2D eigenvalue weighted by Gasteiger charge is -2.32. The van der Waals surface area contributed by atoms with Gasteiger partial charge in [-0.2, -0.15) is 0 Å². The topological polar surface area (TPSA) is 72.6 Å². The summed E-state index contributed by atoms with van der Waals surface area (Å²) in [6.07, 6.45) is 4.16. The molecule has 5 rings (SSSR count). The fourth-order valence-electron chi connectivity index (χ4n) is 3.99. The number of pyridine rings is 1. The van der Waals surface area contributed by atoms with Crippen LogP contribution in [-0.4, -0.2) is 43.5 Å². The third-order valence-electron chi connectivity index (χ3n) is 5.59. The summed E-state index contributed by atoms with van der Waals surface area (Å²) in [7, 11) is 0. The van der Waals surface area contributed by atoms with E-state index in [0.29, 0.717) is 12.3 Å². The molecule has 0 spiro atoms. The Morgan fingerprint density at radius 3 is 2.94 bits per heavy atom. The van der Waals surface area contributed by atoms with Crippen LogP contribution < -0.4 is 4.74 Å². The zero-order valence-corrected chi connectivity index (χ0v) is 18.2. The number of ether oxygens (including phenoxy) is 1. The number of rotatable bonds is 6.